The minimum Gasteiger partial charge on any atom is -0.463 e. The van der Waals surface area contributed by atoms with Gasteiger partial charge in [-0.3, -0.25) is 32.5 Å². The van der Waals surface area contributed by atoms with Crippen LogP contribution in [0.15, 0.2) is 194 Å². The molecule has 0 aliphatic carbocycles. The van der Waals surface area contributed by atoms with E-state index in [0.29, 0.717) is 19.3 Å². The zero-order valence-electron chi connectivity index (χ0n) is 74.7. The van der Waals surface area contributed by atoms with Crippen LogP contribution >= 0.6 is 15.6 Å². The summed E-state index contributed by atoms with van der Waals surface area (Å²) in [6, 6.07) is 0. The van der Waals surface area contributed by atoms with Crippen LogP contribution in [-0.2, 0) is 55.8 Å². The Morgan fingerprint density at radius 1 is 0.244 bits per heavy atom. The van der Waals surface area contributed by atoms with E-state index >= 15 is 0 Å². The third-order valence-corrected chi connectivity index (χ3v) is 21.2. The second-order valence-corrected chi connectivity index (χ2v) is 33.6. The van der Waals surface area contributed by atoms with Crippen molar-refractivity contribution < 1.29 is 75.8 Å². The van der Waals surface area contributed by atoms with E-state index in [2.05, 4.69) is 215 Å². The van der Waals surface area contributed by atoms with Crippen LogP contribution in [0.3, 0.4) is 0 Å². The van der Waals surface area contributed by atoms with Crippen molar-refractivity contribution in [3.05, 3.63) is 194 Å². The van der Waals surface area contributed by atoms with Gasteiger partial charge in [0.25, 0.3) is 0 Å². The first-order chi connectivity index (χ1) is 58.2. The normalized spacial score (nSPS) is 14.6. The van der Waals surface area contributed by atoms with E-state index in [9.17, 15) is 43.5 Å². The zero-order valence-corrected chi connectivity index (χ0v) is 76.5. The summed E-state index contributed by atoms with van der Waals surface area (Å²) < 4.78 is 61.4. The van der Waals surface area contributed by atoms with Gasteiger partial charge in [0.05, 0.1) is 26.4 Å². The van der Waals surface area contributed by atoms with Gasteiger partial charge in [-0.15, -0.1) is 0 Å². The number of carbonyl (C=O) groups excluding carboxylic acids is 3. The Labute approximate surface area is 725 Å². The van der Waals surface area contributed by atoms with Crippen molar-refractivity contribution in [2.24, 2.45) is 0 Å². The van der Waals surface area contributed by atoms with Gasteiger partial charge in [-0.2, -0.15) is 0 Å². The molecule has 0 aliphatic rings. The molecular formula is C101H168O16P2. The monoisotopic (exact) mass is 1700 g/mol. The molecule has 0 rings (SSSR count). The number of hydrogen-bond donors (Lipinski definition) is 4. The molecule has 0 spiro atoms. The van der Waals surface area contributed by atoms with Crippen molar-refractivity contribution in [2.75, 3.05) is 39.6 Å². The zero-order chi connectivity index (χ0) is 86.5. The minimum absolute atomic E-state index is 0.0635. The van der Waals surface area contributed by atoms with Crippen LogP contribution in [0.2, 0.25) is 0 Å². The first-order valence-corrected chi connectivity index (χ1v) is 49.7. The quantitative estimate of drug-likeness (QED) is 0.0146. The average molecular weight is 1700 g/mol. The number of rotatable bonds is 87. The van der Waals surface area contributed by atoms with Gasteiger partial charge in [-0.25, -0.2) is 9.13 Å². The topological polar surface area (TPSA) is 231 Å². The van der Waals surface area contributed by atoms with Gasteiger partial charge in [0.2, 0.25) is 0 Å². The van der Waals surface area contributed by atoms with Crippen LogP contribution in [0.5, 0.6) is 0 Å². The summed E-state index contributed by atoms with van der Waals surface area (Å²) in [5.74, 6) is -1.62. The SMILES string of the molecule is CC/C=C\C/C=C\C/C=C\C/C=C\C/C=C\C/C=C\CCCCCCCCC(=O)OCC(COP(=O)(O)OCC(O)COP(=O)(O)OCC(O)COC(=O)CCCCCCCCCCCCCCCCCCCCC/C=C\C/C=C\C/C=C\C/C=C\CCCCC)OC(=O)CCCCCC/C=C\C/C=C\C/C=C\C/C=C\C/C=C\C/C=C\CC. The lowest BCUT2D eigenvalue weighted by atomic mass is 10.0. The predicted molar refractivity (Wildman–Crippen MR) is 500 cm³/mol. The van der Waals surface area contributed by atoms with E-state index in [-0.39, 0.29) is 19.3 Å². The largest absolute Gasteiger partial charge is 0.472 e. The molecule has 0 aromatic rings. The Hall–Kier alpha value is -5.61. The lowest BCUT2D eigenvalue weighted by Crippen LogP contribution is -2.30. The van der Waals surface area contributed by atoms with Gasteiger partial charge in [0, 0.05) is 19.3 Å². The third kappa shape index (κ3) is 92.9. The maximum Gasteiger partial charge on any atom is 0.472 e. The van der Waals surface area contributed by atoms with Gasteiger partial charge in [0.15, 0.2) is 6.10 Å². The lowest BCUT2D eigenvalue weighted by molar-refractivity contribution is -0.161. The number of hydrogen-bond acceptors (Lipinski definition) is 14. The smallest absolute Gasteiger partial charge is 0.463 e. The van der Waals surface area contributed by atoms with Crippen LogP contribution < -0.4 is 0 Å². The standard InChI is InChI=1S/C101H168O16P2/c1-4-7-10-13-16-19-22-25-28-31-34-37-40-42-43-44-45-46-47-48-49-50-51-53-56-57-60-63-66-69-72-75-78-81-84-87-99(104)111-90-96(102)91-113-118(107,108)114-92-97(103)93-115-119(109,110)116-95-98(117-101(106)89-86-83-80-77-74-71-68-65-62-59-54-39-36-33-30-27-24-21-18-15-12-9-6-3)94-112-100(105)88-85-82-79-76-73-70-67-64-61-58-55-52-41-38-35-32-29-26-23-20-17-14-11-8-5-2/h8-9,11-12,16-21,25-30,34-39,42-43,52,55,59,61-62,64,68,71,96-98,102-103H,4-7,10,13-15,22-24,31-33,40-41,44-51,53-54,56-58,60,63,65-67,69-70,72-95H2,1-3H3,(H,107,108)(H,109,110)/b11-8-,12-9-,19-16-,20-17-,21-18-,28-25-,29-26-,30-27-,37-34-,38-35-,39-36-,43-42-,55-52-,62-59-,64-61-,71-68-. The average Bonchev–Trinajstić information content (AvgIpc) is 0.903. The summed E-state index contributed by atoms with van der Waals surface area (Å²) >= 11 is 0. The fourth-order valence-corrected chi connectivity index (χ4v) is 13.9. The predicted octanol–water partition coefficient (Wildman–Crippen LogP) is 29.0. The molecule has 678 valence electrons. The maximum atomic E-state index is 13.1. The minimum atomic E-state index is -4.96. The third-order valence-electron chi connectivity index (χ3n) is 19.3. The van der Waals surface area contributed by atoms with Gasteiger partial charge in [0.1, 0.15) is 25.4 Å². The van der Waals surface area contributed by atoms with E-state index < -0.39 is 91.5 Å². The molecule has 16 nitrogen and oxygen atoms in total. The lowest BCUT2D eigenvalue weighted by Gasteiger charge is -2.21. The molecule has 119 heavy (non-hydrogen) atoms. The van der Waals surface area contributed by atoms with E-state index in [1.165, 1.54) is 128 Å². The Kier molecular flexibility index (Phi) is 87.3. The number of aliphatic hydroxyl groups is 2. The molecule has 4 N–H and O–H groups in total. The van der Waals surface area contributed by atoms with E-state index in [4.69, 9.17) is 32.3 Å². The number of phosphoric ester groups is 2. The molecule has 0 saturated heterocycles. The van der Waals surface area contributed by atoms with Crippen LogP contribution in [0, 0.1) is 0 Å². The number of aliphatic hydroxyl groups excluding tert-OH is 2. The van der Waals surface area contributed by atoms with Crippen molar-refractivity contribution >= 4 is 33.6 Å². The van der Waals surface area contributed by atoms with Gasteiger partial charge in [-0.1, -0.05) is 376 Å². The second kappa shape index (κ2) is 91.6. The number of phosphoric acid groups is 2. The molecule has 18 heteroatoms. The summed E-state index contributed by atoms with van der Waals surface area (Å²) in [5.41, 5.74) is 0. The Balaban J connectivity index is 4.60. The Morgan fingerprint density at radius 2 is 0.445 bits per heavy atom. The maximum absolute atomic E-state index is 13.1. The first kappa shape index (κ1) is 113. The summed E-state index contributed by atoms with van der Waals surface area (Å²) in [5, 5.41) is 20.7. The fraction of sp³-hybridized carbons (Fsp3) is 0.653. The highest BCUT2D eigenvalue weighted by Crippen LogP contribution is 2.45. The van der Waals surface area contributed by atoms with Crippen molar-refractivity contribution in [3.8, 4) is 0 Å². The van der Waals surface area contributed by atoms with Crippen molar-refractivity contribution in [1.82, 2.24) is 0 Å². The molecule has 0 aliphatic heterocycles. The Bertz CT molecular complexity index is 2940. The van der Waals surface area contributed by atoms with Crippen LogP contribution in [0.4, 0.5) is 0 Å². The van der Waals surface area contributed by atoms with E-state index in [0.717, 1.165) is 180 Å². The van der Waals surface area contributed by atoms with E-state index in [1.54, 1.807) is 0 Å². The summed E-state index contributed by atoms with van der Waals surface area (Å²) in [6.07, 6.45) is 122. The second-order valence-electron chi connectivity index (χ2n) is 30.7. The molecule has 0 saturated carbocycles. The molecule has 5 atom stereocenters. The van der Waals surface area contributed by atoms with E-state index in [1.807, 2.05) is 0 Å². The van der Waals surface area contributed by atoms with Crippen LogP contribution in [-0.4, -0.2) is 95.9 Å². The van der Waals surface area contributed by atoms with Crippen LogP contribution in [0.25, 0.3) is 0 Å². The molecule has 0 heterocycles. The van der Waals surface area contributed by atoms with Gasteiger partial charge >= 0.3 is 33.6 Å². The number of ether oxygens (including phenoxy) is 3. The summed E-state index contributed by atoms with van der Waals surface area (Å²) in [7, 11) is -9.83. The molecule has 0 bridgehead atoms. The van der Waals surface area contributed by atoms with Crippen molar-refractivity contribution in [3.63, 3.8) is 0 Å². The van der Waals surface area contributed by atoms with Gasteiger partial charge in [-0.05, 0) is 167 Å². The molecule has 0 amide bonds. The molecule has 0 aromatic carbocycles. The molecular weight excluding hydrogens is 1530 g/mol. The highest BCUT2D eigenvalue weighted by atomic mass is 31.2. The number of esters is 3. The van der Waals surface area contributed by atoms with Crippen molar-refractivity contribution in [2.45, 2.75) is 386 Å². The highest BCUT2D eigenvalue weighted by molar-refractivity contribution is 7.47. The number of carbonyl (C=O) groups is 3. The summed E-state index contributed by atoms with van der Waals surface area (Å²) in [6.45, 7) is 2.40. The number of unbranched alkanes of at least 4 members (excludes halogenated alkanes) is 32. The first-order valence-electron chi connectivity index (χ1n) is 46.7. The molecule has 0 fully saturated rings. The highest BCUT2D eigenvalue weighted by Gasteiger charge is 2.29. The summed E-state index contributed by atoms with van der Waals surface area (Å²) in [4.78, 5) is 59.0. The van der Waals surface area contributed by atoms with Crippen molar-refractivity contribution in [1.29, 1.82) is 0 Å². The molecule has 5 unspecified atom stereocenters. The number of allylic oxidation sites excluding steroid dienone is 32. The fourth-order valence-electron chi connectivity index (χ4n) is 12.3. The Morgan fingerprint density at radius 3 is 0.706 bits per heavy atom. The molecule has 0 radical (unpaired) electrons. The molecule has 0 aromatic heterocycles. The van der Waals surface area contributed by atoms with Gasteiger partial charge < -0.3 is 34.2 Å². The van der Waals surface area contributed by atoms with Crippen LogP contribution in [0.1, 0.15) is 367 Å².